The van der Waals surface area contributed by atoms with Crippen molar-refractivity contribution in [2.24, 2.45) is 0 Å². The topological polar surface area (TPSA) is 87.7 Å². The predicted molar refractivity (Wildman–Crippen MR) is 78.6 cm³/mol. The third kappa shape index (κ3) is 4.19. The maximum atomic E-state index is 11.3. The molecule has 21 heavy (non-hydrogen) atoms. The van der Waals surface area contributed by atoms with Gasteiger partial charge in [-0.2, -0.15) is 0 Å². The van der Waals surface area contributed by atoms with Crippen LogP contribution in [0.4, 0.5) is 5.69 Å². The summed E-state index contributed by atoms with van der Waals surface area (Å²) in [5.74, 6) is -0.307. The molecule has 1 amide bonds. The fraction of sp³-hybridized carbons (Fsp3) is 0.467. The van der Waals surface area contributed by atoms with Gasteiger partial charge in [0.2, 0.25) is 5.91 Å². The number of amides is 1. The van der Waals surface area contributed by atoms with Gasteiger partial charge < -0.3 is 15.2 Å². The van der Waals surface area contributed by atoms with Gasteiger partial charge in [-0.05, 0) is 30.2 Å². The lowest BCUT2D eigenvalue weighted by Gasteiger charge is -2.20. The van der Waals surface area contributed by atoms with Crippen molar-refractivity contribution in [3.63, 3.8) is 0 Å². The smallest absolute Gasteiger partial charge is 0.324 e. The molecule has 1 aromatic rings. The van der Waals surface area contributed by atoms with E-state index in [0.29, 0.717) is 18.6 Å². The minimum Gasteiger partial charge on any atom is -0.491 e. The number of rotatable bonds is 6. The Morgan fingerprint density at radius 2 is 2.19 bits per heavy atom. The molecule has 6 nitrogen and oxygen atoms in total. The first-order chi connectivity index (χ1) is 9.95. The van der Waals surface area contributed by atoms with Crippen LogP contribution in [0.25, 0.3) is 0 Å². The first kappa shape index (κ1) is 15.3. The molecule has 1 heterocycles. The fourth-order valence-corrected chi connectivity index (χ4v) is 2.22. The SMILES string of the molecule is CC(C)NC(COc1ccc2c(c1)CCC(=O)N2)C(=O)O. The third-order valence-electron chi connectivity index (χ3n) is 3.22. The van der Waals surface area contributed by atoms with Gasteiger partial charge in [0.1, 0.15) is 18.4 Å². The highest BCUT2D eigenvalue weighted by atomic mass is 16.5. The van der Waals surface area contributed by atoms with Gasteiger partial charge in [0.15, 0.2) is 0 Å². The van der Waals surface area contributed by atoms with Gasteiger partial charge in [0, 0.05) is 18.2 Å². The van der Waals surface area contributed by atoms with Crippen LogP contribution in [0.1, 0.15) is 25.8 Å². The molecule has 1 unspecified atom stereocenters. The lowest BCUT2D eigenvalue weighted by Crippen LogP contribution is -2.44. The van der Waals surface area contributed by atoms with E-state index in [0.717, 1.165) is 11.3 Å². The minimum atomic E-state index is -0.936. The molecule has 0 aliphatic carbocycles. The molecule has 3 N–H and O–H groups in total. The molecule has 0 spiro atoms. The fourth-order valence-electron chi connectivity index (χ4n) is 2.22. The van der Waals surface area contributed by atoms with Crippen LogP contribution in [0.3, 0.4) is 0 Å². The molecule has 1 aromatic carbocycles. The standard InChI is InChI=1S/C15H20N2O4/c1-9(2)16-13(15(19)20)8-21-11-4-5-12-10(7-11)3-6-14(18)17-12/h4-5,7,9,13,16H,3,6,8H2,1-2H3,(H,17,18)(H,19,20). The number of aliphatic carboxylic acids is 1. The number of fused-ring (bicyclic) bond motifs is 1. The summed E-state index contributed by atoms with van der Waals surface area (Å²) in [6.45, 7) is 3.83. The van der Waals surface area contributed by atoms with Crippen LogP contribution in [-0.2, 0) is 16.0 Å². The molecule has 0 fully saturated rings. The van der Waals surface area contributed by atoms with E-state index in [1.54, 1.807) is 12.1 Å². The highest BCUT2D eigenvalue weighted by Gasteiger charge is 2.20. The number of aryl methyl sites for hydroxylation is 1. The second-order valence-corrected chi connectivity index (χ2v) is 5.39. The first-order valence-electron chi connectivity index (χ1n) is 7.00. The van der Waals surface area contributed by atoms with Crippen molar-refractivity contribution >= 4 is 17.6 Å². The van der Waals surface area contributed by atoms with Crippen molar-refractivity contribution in [3.8, 4) is 5.75 Å². The van der Waals surface area contributed by atoms with Crippen molar-refractivity contribution in [1.82, 2.24) is 5.32 Å². The van der Waals surface area contributed by atoms with Crippen LogP contribution < -0.4 is 15.4 Å². The lowest BCUT2D eigenvalue weighted by atomic mass is 10.0. The Labute approximate surface area is 123 Å². The third-order valence-corrected chi connectivity index (χ3v) is 3.22. The number of carboxylic acid groups (broad SMARTS) is 1. The van der Waals surface area contributed by atoms with Crippen molar-refractivity contribution in [2.75, 3.05) is 11.9 Å². The molecule has 0 radical (unpaired) electrons. The molecule has 0 bridgehead atoms. The lowest BCUT2D eigenvalue weighted by molar-refractivity contribution is -0.140. The molecule has 0 aromatic heterocycles. The Kier molecular flexibility index (Phi) is 4.80. The molecule has 6 heteroatoms. The Morgan fingerprint density at radius 3 is 2.86 bits per heavy atom. The Bertz CT molecular complexity index is 542. The number of benzene rings is 1. The molecule has 114 valence electrons. The Hall–Kier alpha value is -2.08. The zero-order valence-corrected chi connectivity index (χ0v) is 12.2. The van der Waals surface area contributed by atoms with Gasteiger partial charge in [0.05, 0.1) is 0 Å². The number of carbonyl (C=O) groups excluding carboxylic acids is 1. The largest absolute Gasteiger partial charge is 0.491 e. The van der Waals surface area contributed by atoms with Gasteiger partial charge in [0.25, 0.3) is 0 Å². The van der Waals surface area contributed by atoms with Crippen LogP contribution >= 0.6 is 0 Å². The summed E-state index contributed by atoms with van der Waals surface area (Å²) in [6, 6.07) is 4.68. The zero-order valence-electron chi connectivity index (χ0n) is 12.2. The average Bonchev–Trinajstić information content (AvgIpc) is 2.42. The Morgan fingerprint density at radius 1 is 1.43 bits per heavy atom. The quantitative estimate of drug-likeness (QED) is 0.737. The van der Waals surface area contributed by atoms with E-state index in [-0.39, 0.29) is 18.6 Å². The molecule has 0 saturated heterocycles. The summed E-state index contributed by atoms with van der Waals surface area (Å²) in [6.07, 6.45) is 1.13. The van der Waals surface area contributed by atoms with E-state index in [9.17, 15) is 9.59 Å². The summed E-state index contributed by atoms with van der Waals surface area (Å²) >= 11 is 0. The Balaban J connectivity index is 2.00. The highest BCUT2D eigenvalue weighted by molar-refractivity contribution is 5.94. The van der Waals surface area contributed by atoms with Gasteiger partial charge in [-0.3, -0.25) is 14.9 Å². The maximum Gasteiger partial charge on any atom is 0.324 e. The van der Waals surface area contributed by atoms with Crippen LogP contribution in [0.2, 0.25) is 0 Å². The molecule has 1 aliphatic rings. The maximum absolute atomic E-state index is 11.3. The second-order valence-electron chi connectivity index (χ2n) is 5.39. The first-order valence-corrected chi connectivity index (χ1v) is 7.00. The minimum absolute atomic E-state index is 0.0169. The molecular weight excluding hydrogens is 272 g/mol. The van der Waals surface area contributed by atoms with E-state index in [1.165, 1.54) is 0 Å². The predicted octanol–water partition coefficient (Wildman–Crippen LogP) is 1.40. The number of hydrogen-bond donors (Lipinski definition) is 3. The zero-order chi connectivity index (χ0) is 15.4. The van der Waals surface area contributed by atoms with Gasteiger partial charge >= 0.3 is 5.97 Å². The van der Waals surface area contributed by atoms with E-state index in [2.05, 4.69) is 10.6 Å². The van der Waals surface area contributed by atoms with Crippen LogP contribution in [0.15, 0.2) is 18.2 Å². The number of nitrogens with one attached hydrogen (secondary N) is 2. The van der Waals surface area contributed by atoms with Gasteiger partial charge in [-0.1, -0.05) is 13.8 Å². The van der Waals surface area contributed by atoms with Crippen molar-refractivity contribution in [3.05, 3.63) is 23.8 Å². The summed E-state index contributed by atoms with van der Waals surface area (Å²) in [5, 5.41) is 14.9. The number of carboxylic acids is 1. The molecular formula is C15H20N2O4. The normalized spacial score (nSPS) is 15.3. The van der Waals surface area contributed by atoms with Gasteiger partial charge in [-0.25, -0.2) is 0 Å². The van der Waals surface area contributed by atoms with Crippen molar-refractivity contribution < 1.29 is 19.4 Å². The van der Waals surface area contributed by atoms with E-state index in [4.69, 9.17) is 9.84 Å². The second kappa shape index (κ2) is 6.58. The number of anilines is 1. The van der Waals surface area contributed by atoms with Crippen LogP contribution in [0.5, 0.6) is 5.75 Å². The summed E-state index contributed by atoms with van der Waals surface area (Å²) in [4.78, 5) is 22.4. The van der Waals surface area contributed by atoms with Gasteiger partial charge in [-0.15, -0.1) is 0 Å². The van der Waals surface area contributed by atoms with Crippen molar-refractivity contribution in [1.29, 1.82) is 0 Å². The summed E-state index contributed by atoms with van der Waals surface area (Å²) in [7, 11) is 0. The monoisotopic (exact) mass is 292 g/mol. The highest BCUT2D eigenvalue weighted by Crippen LogP contribution is 2.26. The molecule has 2 rings (SSSR count). The number of carbonyl (C=O) groups is 2. The molecule has 1 atom stereocenters. The van der Waals surface area contributed by atoms with E-state index in [1.807, 2.05) is 19.9 Å². The molecule has 0 saturated carbocycles. The average molecular weight is 292 g/mol. The number of hydrogen-bond acceptors (Lipinski definition) is 4. The summed E-state index contributed by atoms with van der Waals surface area (Å²) in [5.41, 5.74) is 1.81. The van der Waals surface area contributed by atoms with Crippen LogP contribution in [-0.4, -0.2) is 35.7 Å². The number of ether oxygens (including phenoxy) is 1. The van der Waals surface area contributed by atoms with E-state index < -0.39 is 12.0 Å². The van der Waals surface area contributed by atoms with E-state index >= 15 is 0 Å². The summed E-state index contributed by atoms with van der Waals surface area (Å²) < 4.78 is 5.57. The van der Waals surface area contributed by atoms with Crippen LogP contribution in [0, 0.1) is 0 Å². The molecule has 1 aliphatic heterocycles. The van der Waals surface area contributed by atoms with Crippen molar-refractivity contribution in [2.45, 2.75) is 38.8 Å².